The third-order valence-corrected chi connectivity index (χ3v) is 4.02. The number of thiophene rings is 1. The molecule has 16 heavy (non-hydrogen) atoms. The Morgan fingerprint density at radius 2 is 2.31 bits per heavy atom. The van der Waals surface area contributed by atoms with E-state index >= 15 is 0 Å². The van der Waals surface area contributed by atoms with Gasteiger partial charge in [0.15, 0.2) is 0 Å². The highest BCUT2D eigenvalue weighted by Gasteiger charge is 2.08. The first-order valence-electron chi connectivity index (χ1n) is 5.05. The third kappa shape index (κ3) is 1.90. The van der Waals surface area contributed by atoms with Crippen molar-refractivity contribution in [2.24, 2.45) is 5.73 Å². The van der Waals surface area contributed by atoms with Gasteiger partial charge in [0.2, 0.25) is 0 Å². The Hall–Kier alpha value is -0.780. The van der Waals surface area contributed by atoms with E-state index in [1.165, 1.54) is 4.83 Å². The van der Waals surface area contributed by atoms with Crippen molar-refractivity contribution in [3.8, 4) is 0 Å². The summed E-state index contributed by atoms with van der Waals surface area (Å²) >= 11 is 12.1. The van der Waals surface area contributed by atoms with Crippen LogP contribution < -0.4 is 5.73 Å². The van der Waals surface area contributed by atoms with Crippen LogP contribution in [0.1, 0.15) is 18.9 Å². The van der Waals surface area contributed by atoms with Gasteiger partial charge in [0.1, 0.15) is 9.82 Å². The summed E-state index contributed by atoms with van der Waals surface area (Å²) in [5.41, 5.74) is 6.50. The number of hydrogen-bond acceptors (Lipinski definition) is 3. The predicted octanol–water partition coefficient (Wildman–Crippen LogP) is 3.48. The number of thiocarbonyl (C=S) groups is 1. The maximum atomic E-state index is 5.69. The van der Waals surface area contributed by atoms with Gasteiger partial charge in [-0.3, -0.25) is 0 Å². The van der Waals surface area contributed by atoms with E-state index in [0.29, 0.717) is 4.99 Å². The molecule has 2 aromatic heterocycles. The lowest BCUT2D eigenvalue weighted by molar-refractivity contribution is 0.701. The molecule has 0 fully saturated rings. The molecule has 2 N–H and O–H groups in total. The smallest absolute Gasteiger partial charge is 0.106 e. The molecule has 2 heterocycles. The predicted molar refractivity (Wildman–Crippen MR) is 76.8 cm³/mol. The van der Waals surface area contributed by atoms with Gasteiger partial charge >= 0.3 is 0 Å². The summed E-state index contributed by atoms with van der Waals surface area (Å²) in [7, 11) is 0. The van der Waals surface area contributed by atoms with Crippen LogP contribution in [0.3, 0.4) is 0 Å². The first-order chi connectivity index (χ1) is 7.65. The van der Waals surface area contributed by atoms with Gasteiger partial charge in [-0.05, 0) is 17.9 Å². The van der Waals surface area contributed by atoms with E-state index in [0.717, 1.165) is 28.4 Å². The van der Waals surface area contributed by atoms with Crippen molar-refractivity contribution in [1.29, 1.82) is 0 Å². The summed E-state index contributed by atoms with van der Waals surface area (Å²) in [5.74, 6) is 0. The van der Waals surface area contributed by atoms with Crippen molar-refractivity contribution < 1.29 is 0 Å². The molecule has 0 radical (unpaired) electrons. The summed E-state index contributed by atoms with van der Waals surface area (Å²) in [6.07, 6.45) is 3.05. The fraction of sp³-hybridized carbons (Fsp3) is 0.273. The van der Waals surface area contributed by atoms with Crippen LogP contribution in [0.25, 0.3) is 10.2 Å². The molecule has 2 aromatic rings. The van der Waals surface area contributed by atoms with Crippen molar-refractivity contribution in [2.45, 2.75) is 19.9 Å². The normalized spacial score (nSPS) is 10.8. The molecule has 2 rings (SSSR count). The second kappa shape index (κ2) is 4.61. The second-order valence-electron chi connectivity index (χ2n) is 3.57. The lowest BCUT2D eigenvalue weighted by Gasteiger charge is -2.10. The van der Waals surface area contributed by atoms with Gasteiger partial charge in [0.05, 0.1) is 4.51 Å². The third-order valence-electron chi connectivity index (χ3n) is 2.41. The van der Waals surface area contributed by atoms with Crippen LogP contribution in [-0.2, 0) is 6.54 Å². The Morgan fingerprint density at radius 1 is 1.56 bits per heavy atom. The average molecular weight is 268 g/mol. The van der Waals surface area contributed by atoms with Crippen molar-refractivity contribution in [2.75, 3.05) is 0 Å². The van der Waals surface area contributed by atoms with Crippen LogP contribution >= 0.6 is 35.8 Å². The number of hydrogen-bond donors (Lipinski definition) is 1. The zero-order valence-electron chi connectivity index (χ0n) is 8.90. The highest BCUT2D eigenvalue weighted by molar-refractivity contribution is 7.80. The van der Waals surface area contributed by atoms with E-state index in [9.17, 15) is 0 Å². The first-order valence-corrected chi connectivity index (χ1v) is 6.75. The number of nitrogens with two attached hydrogens (primary N) is 1. The summed E-state index contributed by atoms with van der Waals surface area (Å²) in [5, 5.41) is 3.13. The Balaban J connectivity index is 2.80. The Kier molecular flexibility index (Phi) is 3.37. The summed E-state index contributed by atoms with van der Waals surface area (Å²) in [6, 6.07) is 2.04. The van der Waals surface area contributed by atoms with Gasteiger partial charge in [-0.1, -0.05) is 31.4 Å². The number of aryl methyl sites for hydroxylation is 1. The minimum Gasteiger partial charge on any atom is -0.389 e. The van der Waals surface area contributed by atoms with Gasteiger partial charge in [0, 0.05) is 23.7 Å². The van der Waals surface area contributed by atoms with Crippen LogP contribution in [0.15, 0.2) is 17.6 Å². The molecule has 0 saturated heterocycles. The van der Waals surface area contributed by atoms with Gasteiger partial charge < -0.3 is 10.3 Å². The van der Waals surface area contributed by atoms with Gasteiger partial charge in [0.25, 0.3) is 0 Å². The first kappa shape index (κ1) is 11.7. The standard InChI is InChI=1S/C11H12N2S3/c1-2-4-13-6-8(10(12)15)9(14)7-3-5-16-11(7)13/h3,5-6H,2,4H2,1H3,(H2,12,15). The number of rotatable bonds is 3. The van der Waals surface area contributed by atoms with Crippen molar-refractivity contribution in [1.82, 2.24) is 4.57 Å². The molecular weight excluding hydrogens is 256 g/mol. The van der Waals surface area contributed by atoms with Crippen LogP contribution in [0.2, 0.25) is 0 Å². The van der Waals surface area contributed by atoms with Crippen LogP contribution in [0.4, 0.5) is 0 Å². The lowest BCUT2D eigenvalue weighted by Crippen LogP contribution is -2.13. The molecule has 5 heteroatoms. The number of nitrogens with zero attached hydrogens (tertiary/aromatic N) is 1. The topological polar surface area (TPSA) is 30.9 Å². The van der Waals surface area contributed by atoms with Crippen molar-refractivity contribution in [3.63, 3.8) is 0 Å². The zero-order chi connectivity index (χ0) is 11.7. The van der Waals surface area contributed by atoms with Crippen LogP contribution in [-0.4, -0.2) is 9.56 Å². The Labute approximate surface area is 109 Å². The molecule has 0 aromatic carbocycles. The Bertz CT molecular complexity index is 595. The van der Waals surface area contributed by atoms with E-state index < -0.39 is 0 Å². The molecule has 0 spiro atoms. The van der Waals surface area contributed by atoms with Crippen LogP contribution in [0.5, 0.6) is 0 Å². The van der Waals surface area contributed by atoms with Gasteiger partial charge in [-0.2, -0.15) is 0 Å². The zero-order valence-corrected chi connectivity index (χ0v) is 11.3. The molecule has 0 saturated carbocycles. The molecule has 0 unspecified atom stereocenters. The number of aromatic nitrogens is 1. The quantitative estimate of drug-likeness (QED) is 0.865. The molecule has 0 bridgehead atoms. The van der Waals surface area contributed by atoms with E-state index in [1.54, 1.807) is 11.3 Å². The molecule has 2 nitrogen and oxygen atoms in total. The fourth-order valence-corrected chi connectivity index (χ4v) is 3.22. The van der Waals surface area contributed by atoms with Crippen molar-refractivity contribution in [3.05, 3.63) is 27.7 Å². The maximum absolute atomic E-state index is 5.69. The molecule has 0 aliphatic heterocycles. The SMILES string of the molecule is CCCn1cc(C(N)=S)c(=S)c2ccsc21. The summed E-state index contributed by atoms with van der Waals surface area (Å²) < 4.78 is 2.96. The van der Waals surface area contributed by atoms with E-state index in [-0.39, 0.29) is 0 Å². The largest absolute Gasteiger partial charge is 0.389 e. The Morgan fingerprint density at radius 3 is 2.94 bits per heavy atom. The number of fused-ring (bicyclic) bond motifs is 1. The number of pyridine rings is 1. The second-order valence-corrected chi connectivity index (χ2v) is 5.31. The molecule has 84 valence electrons. The maximum Gasteiger partial charge on any atom is 0.106 e. The fourth-order valence-electron chi connectivity index (χ4n) is 1.70. The van der Waals surface area contributed by atoms with E-state index in [2.05, 4.69) is 16.9 Å². The summed E-state index contributed by atoms with van der Waals surface area (Å²) in [4.78, 5) is 1.58. The van der Waals surface area contributed by atoms with E-state index in [1.807, 2.05) is 12.3 Å². The molecule has 0 aliphatic carbocycles. The minimum atomic E-state index is 0.378. The monoisotopic (exact) mass is 268 g/mol. The van der Waals surface area contributed by atoms with Crippen LogP contribution in [0, 0.1) is 4.51 Å². The van der Waals surface area contributed by atoms with Gasteiger partial charge in [-0.25, -0.2) is 0 Å². The van der Waals surface area contributed by atoms with Crippen molar-refractivity contribution >= 4 is 51.0 Å². The molecule has 0 aliphatic rings. The highest BCUT2D eigenvalue weighted by Crippen LogP contribution is 2.24. The van der Waals surface area contributed by atoms with Gasteiger partial charge in [-0.15, -0.1) is 11.3 Å². The lowest BCUT2D eigenvalue weighted by atomic mass is 10.2. The average Bonchev–Trinajstić information content (AvgIpc) is 2.71. The minimum absolute atomic E-state index is 0.378. The summed E-state index contributed by atoms with van der Waals surface area (Å²) in [6.45, 7) is 3.11. The molecule has 0 amide bonds. The molecular formula is C11H12N2S3. The van der Waals surface area contributed by atoms with E-state index in [4.69, 9.17) is 30.2 Å². The highest BCUT2D eigenvalue weighted by atomic mass is 32.1. The molecule has 0 atom stereocenters.